The average Bonchev–Trinajstić information content (AvgIpc) is 2.42. The molecule has 4 N–H and O–H groups in total. The Morgan fingerprint density at radius 1 is 1.37 bits per heavy atom. The molecule has 5 nitrogen and oxygen atoms in total. The fourth-order valence-electron chi connectivity index (χ4n) is 1.89. The van der Waals surface area contributed by atoms with Gasteiger partial charge in [-0.1, -0.05) is 11.2 Å². The Morgan fingerprint density at radius 2 is 2.11 bits per heavy atom. The molecule has 0 aromatic heterocycles. The Balaban J connectivity index is 2.84. The summed E-state index contributed by atoms with van der Waals surface area (Å²) in [6, 6.07) is 5.71. The molecule has 0 radical (unpaired) electrons. The van der Waals surface area contributed by atoms with Gasteiger partial charge in [0.15, 0.2) is 5.84 Å². The van der Waals surface area contributed by atoms with Gasteiger partial charge in [-0.2, -0.15) is 0 Å². The maximum absolute atomic E-state index is 8.86. The monoisotopic (exact) mass is 329 g/mol. The van der Waals surface area contributed by atoms with Gasteiger partial charge in [-0.25, -0.2) is 0 Å². The summed E-state index contributed by atoms with van der Waals surface area (Å²) in [6.07, 6.45) is 2.78. The number of hydrogen-bond acceptors (Lipinski definition) is 4. The van der Waals surface area contributed by atoms with Crippen molar-refractivity contribution in [1.82, 2.24) is 0 Å². The van der Waals surface area contributed by atoms with E-state index in [1.807, 2.05) is 25.2 Å². The number of amidine groups is 1. The smallest absolute Gasteiger partial charge is 0.173 e. The van der Waals surface area contributed by atoms with Gasteiger partial charge in [0.25, 0.3) is 0 Å². The number of nitrogens with two attached hydrogens (primary N) is 1. The van der Waals surface area contributed by atoms with Gasteiger partial charge >= 0.3 is 0 Å². The van der Waals surface area contributed by atoms with E-state index in [0.717, 1.165) is 36.0 Å². The highest BCUT2D eigenvalue weighted by molar-refractivity contribution is 9.10. The summed E-state index contributed by atoms with van der Waals surface area (Å²) in [6.45, 7) is 1.08. The molecule has 0 fully saturated rings. The molecule has 0 aliphatic rings. The van der Waals surface area contributed by atoms with Crippen LogP contribution in [0.2, 0.25) is 0 Å². The van der Waals surface area contributed by atoms with Gasteiger partial charge in [0.1, 0.15) is 0 Å². The summed E-state index contributed by atoms with van der Waals surface area (Å²) in [4.78, 5) is 2.06. The second-order valence-electron chi connectivity index (χ2n) is 4.33. The molecule has 0 aliphatic heterocycles. The largest absolute Gasteiger partial charge is 0.409 e. The minimum Gasteiger partial charge on any atom is -0.409 e. The second-order valence-corrected chi connectivity index (χ2v) is 5.18. The van der Waals surface area contributed by atoms with Gasteiger partial charge in [-0.05, 0) is 47.3 Å². The van der Waals surface area contributed by atoms with E-state index < -0.39 is 0 Å². The van der Waals surface area contributed by atoms with Crippen LogP contribution in [0.4, 0.5) is 5.69 Å². The molecule has 0 unspecified atom stereocenters. The number of aliphatic hydroxyl groups is 1. The lowest BCUT2D eigenvalue weighted by atomic mass is 10.1. The molecule has 1 rings (SSSR count). The first-order valence-electron chi connectivity index (χ1n) is 6.20. The van der Waals surface area contributed by atoms with Crippen molar-refractivity contribution in [1.29, 1.82) is 0 Å². The zero-order valence-electron chi connectivity index (χ0n) is 11.0. The Morgan fingerprint density at radius 3 is 2.74 bits per heavy atom. The van der Waals surface area contributed by atoms with Crippen LogP contribution in [0.25, 0.3) is 0 Å². The van der Waals surface area contributed by atoms with Crippen molar-refractivity contribution in [2.75, 3.05) is 25.1 Å². The predicted molar refractivity (Wildman–Crippen MR) is 80.9 cm³/mol. The lowest BCUT2D eigenvalue weighted by molar-refractivity contribution is 0.283. The molecule has 19 heavy (non-hydrogen) atoms. The van der Waals surface area contributed by atoms with Crippen LogP contribution >= 0.6 is 15.9 Å². The maximum atomic E-state index is 8.86. The Kier molecular flexibility index (Phi) is 6.66. The maximum Gasteiger partial charge on any atom is 0.173 e. The standard InChI is InChI=1S/C13H20BrN3O2/c1-17(8-3-2-4-9-18)11-7-5-6-10(14)12(11)13(15)16-19/h5-7,18-19H,2-4,8-9H2,1H3,(H2,15,16). The van der Waals surface area contributed by atoms with E-state index in [9.17, 15) is 0 Å². The van der Waals surface area contributed by atoms with E-state index >= 15 is 0 Å². The van der Waals surface area contributed by atoms with Crippen LogP contribution in [0.5, 0.6) is 0 Å². The normalized spacial score (nSPS) is 11.6. The van der Waals surface area contributed by atoms with E-state index in [1.54, 1.807) is 0 Å². The van der Waals surface area contributed by atoms with Crippen molar-refractivity contribution >= 4 is 27.5 Å². The fourth-order valence-corrected chi connectivity index (χ4v) is 2.45. The van der Waals surface area contributed by atoms with Gasteiger partial charge in [0.05, 0.1) is 5.56 Å². The molecule has 0 saturated carbocycles. The summed E-state index contributed by atoms with van der Waals surface area (Å²) in [5, 5.41) is 20.7. The summed E-state index contributed by atoms with van der Waals surface area (Å²) in [5.74, 6) is 0.0877. The van der Waals surface area contributed by atoms with Crippen molar-refractivity contribution in [2.45, 2.75) is 19.3 Å². The Labute approximate surface area is 121 Å². The van der Waals surface area contributed by atoms with Gasteiger partial charge in [0, 0.05) is 30.4 Å². The molecule has 6 heteroatoms. The molecule has 0 bridgehead atoms. The number of nitrogens with zero attached hydrogens (tertiary/aromatic N) is 2. The lowest BCUT2D eigenvalue weighted by Crippen LogP contribution is -2.24. The zero-order chi connectivity index (χ0) is 14.3. The highest BCUT2D eigenvalue weighted by Gasteiger charge is 2.14. The number of rotatable bonds is 7. The van der Waals surface area contributed by atoms with E-state index in [1.165, 1.54) is 0 Å². The molecule has 0 heterocycles. The van der Waals surface area contributed by atoms with Crippen LogP contribution in [0.3, 0.4) is 0 Å². The molecule has 0 aliphatic carbocycles. The molecular formula is C13H20BrN3O2. The van der Waals surface area contributed by atoms with Crippen molar-refractivity contribution < 1.29 is 10.3 Å². The minimum absolute atomic E-state index is 0.0877. The lowest BCUT2D eigenvalue weighted by Gasteiger charge is -2.22. The van der Waals surface area contributed by atoms with E-state index in [4.69, 9.17) is 16.0 Å². The van der Waals surface area contributed by atoms with Crippen LogP contribution in [-0.2, 0) is 0 Å². The van der Waals surface area contributed by atoms with Crippen molar-refractivity contribution in [3.63, 3.8) is 0 Å². The first kappa shape index (κ1) is 15.8. The van der Waals surface area contributed by atoms with Gasteiger partial charge in [-0.15, -0.1) is 0 Å². The van der Waals surface area contributed by atoms with Crippen LogP contribution in [0, 0.1) is 0 Å². The third-order valence-electron chi connectivity index (χ3n) is 2.92. The second kappa shape index (κ2) is 8.01. The van der Waals surface area contributed by atoms with Gasteiger partial charge in [0.2, 0.25) is 0 Å². The summed E-state index contributed by atoms with van der Waals surface area (Å²) in [7, 11) is 1.97. The van der Waals surface area contributed by atoms with E-state index in [-0.39, 0.29) is 12.4 Å². The quantitative estimate of drug-likeness (QED) is 0.235. The summed E-state index contributed by atoms with van der Waals surface area (Å²) in [5.41, 5.74) is 7.32. The molecule has 1 aromatic carbocycles. The number of benzene rings is 1. The molecule has 0 spiro atoms. The van der Waals surface area contributed by atoms with Gasteiger partial charge in [-0.3, -0.25) is 0 Å². The third-order valence-corrected chi connectivity index (χ3v) is 3.58. The number of anilines is 1. The van der Waals surface area contributed by atoms with Crippen LogP contribution < -0.4 is 10.6 Å². The molecule has 0 saturated heterocycles. The van der Waals surface area contributed by atoms with E-state index in [2.05, 4.69) is 26.0 Å². The molecular weight excluding hydrogens is 310 g/mol. The third kappa shape index (κ3) is 4.40. The SMILES string of the molecule is CN(CCCCCO)c1cccc(Br)c1/C(N)=N/O. The first-order valence-corrected chi connectivity index (χ1v) is 6.99. The number of aliphatic hydroxyl groups excluding tert-OH is 1. The molecule has 1 aromatic rings. The first-order chi connectivity index (χ1) is 9.11. The number of unbranched alkanes of at least 4 members (excludes halogenated alkanes) is 2. The minimum atomic E-state index is 0.0877. The van der Waals surface area contributed by atoms with Gasteiger partial charge < -0.3 is 20.9 Å². The summed E-state index contributed by atoms with van der Waals surface area (Å²) >= 11 is 3.42. The fraction of sp³-hybridized carbons (Fsp3) is 0.462. The zero-order valence-corrected chi connectivity index (χ0v) is 12.6. The average molecular weight is 330 g/mol. The van der Waals surface area contributed by atoms with Crippen LogP contribution in [0.1, 0.15) is 24.8 Å². The van der Waals surface area contributed by atoms with E-state index in [0.29, 0.717) is 5.56 Å². The van der Waals surface area contributed by atoms with Crippen molar-refractivity contribution in [2.24, 2.45) is 10.9 Å². The van der Waals surface area contributed by atoms with Crippen LogP contribution in [-0.4, -0.2) is 36.3 Å². The van der Waals surface area contributed by atoms with Crippen LogP contribution in [0.15, 0.2) is 27.8 Å². The van der Waals surface area contributed by atoms with Crippen molar-refractivity contribution in [3.8, 4) is 0 Å². The van der Waals surface area contributed by atoms with Crippen molar-refractivity contribution in [3.05, 3.63) is 28.2 Å². The Bertz CT molecular complexity index is 438. The topological polar surface area (TPSA) is 82.1 Å². The number of halogens is 1. The summed E-state index contributed by atoms with van der Waals surface area (Å²) < 4.78 is 0.794. The number of hydrogen-bond donors (Lipinski definition) is 3. The predicted octanol–water partition coefficient (Wildman–Crippen LogP) is 2.14. The molecule has 0 atom stereocenters. The Hall–Kier alpha value is -1.27. The molecule has 0 amide bonds. The number of oxime groups is 1. The molecule has 106 valence electrons. The highest BCUT2D eigenvalue weighted by Crippen LogP contribution is 2.27. The highest BCUT2D eigenvalue weighted by atomic mass is 79.9.